The van der Waals surface area contributed by atoms with Crippen LogP contribution in [0.1, 0.15) is 56.2 Å². The second kappa shape index (κ2) is 5.75. The molecule has 1 aliphatic heterocycles. The van der Waals surface area contributed by atoms with Crippen molar-refractivity contribution in [2.45, 2.75) is 57.7 Å². The first-order chi connectivity index (χ1) is 11.2. The van der Waals surface area contributed by atoms with Crippen molar-refractivity contribution in [3.05, 3.63) is 24.3 Å². The van der Waals surface area contributed by atoms with E-state index in [1.807, 2.05) is 16.5 Å². The van der Waals surface area contributed by atoms with Gasteiger partial charge in [-0.25, -0.2) is 14.6 Å². The molecule has 0 unspecified atom stereocenters. The fraction of sp³-hybridized carbons (Fsp3) is 0.667. The van der Waals surface area contributed by atoms with Crippen molar-refractivity contribution < 1.29 is 4.79 Å². The average Bonchev–Trinajstić information content (AvgIpc) is 3.09. The molecular weight excluding hydrogens is 294 g/mol. The molecule has 1 atom stereocenters. The highest BCUT2D eigenvalue weighted by atomic mass is 16.2. The molecule has 2 aliphatic rings. The molecule has 23 heavy (non-hydrogen) atoms. The van der Waals surface area contributed by atoms with Gasteiger partial charge in [0.2, 0.25) is 5.91 Å². The van der Waals surface area contributed by atoms with Gasteiger partial charge in [0.15, 0.2) is 5.82 Å². The van der Waals surface area contributed by atoms with E-state index in [1.165, 1.54) is 19.2 Å². The molecule has 2 aromatic heterocycles. The Morgan fingerprint density at radius 3 is 2.96 bits per heavy atom. The molecule has 1 aliphatic carbocycles. The van der Waals surface area contributed by atoms with Crippen LogP contribution in [0.15, 0.2) is 12.7 Å². The van der Waals surface area contributed by atoms with Gasteiger partial charge in [-0.3, -0.25) is 9.48 Å². The molecule has 0 saturated heterocycles. The Morgan fingerprint density at radius 1 is 1.35 bits per heavy atom. The van der Waals surface area contributed by atoms with Gasteiger partial charge in [0, 0.05) is 25.4 Å². The van der Waals surface area contributed by atoms with E-state index in [9.17, 15) is 4.79 Å². The van der Waals surface area contributed by atoms with Gasteiger partial charge in [0.1, 0.15) is 18.5 Å². The predicted octanol–water partition coefficient (Wildman–Crippen LogP) is 1.13. The van der Waals surface area contributed by atoms with Crippen molar-refractivity contribution in [1.82, 2.24) is 34.4 Å². The molecule has 0 bridgehead atoms. The summed E-state index contributed by atoms with van der Waals surface area (Å²) in [6.07, 6.45) is 6.87. The van der Waals surface area contributed by atoms with Gasteiger partial charge in [-0.15, -0.1) is 0 Å². The number of aromatic nitrogens is 6. The average molecular weight is 315 g/mol. The summed E-state index contributed by atoms with van der Waals surface area (Å²) < 4.78 is 3.74. The van der Waals surface area contributed by atoms with Crippen LogP contribution in [0.4, 0.5) is 0 Å². The molecule has 1 saturated carbocycles. The lowest BCUT2D eigenvalue weighted by Gasteiger charge is -2.33. The first kappa shape index (κ1) is 14.3. The van der Waals surface area contributed by atoms with Crippen molar-refractivity contribution >= 4 is 5.91 Å². The number of fused-ring (bicyclic) bond motifs is 1. The van der Waals surface area contributed by atoms with Crippen molar-refractivity contribution in [2.24, 2.45) is 0 Å². The molecule has 1 fully saturated rings. The van der Waals surface area contributed by atoms with Crippen LogP contribution in [0.2, 0.25) is 0 Å². The number of hydrogen-bond acceptors (Lipinski definition) is 5. The number of carbonyl (C=O) groups is 1. The van der Waals surface area contributed by atoms with Crippen LogP contribution >= 0.6 is 0 Å². The maximum atomic E-state index is 12.5. The molecule has 122 valence electrons. The summed E-state index contributed by atoms with van der Waals surface area (Å²) in [5.41, 5.74) is 0. The van der Waals surface area contributed by atoms with Gasteiger partial charge >= 0.3 is 0 Å². The fourth-order valence-corrected chi connectivity index (χ4v) is 3.12. The van der Waals surface area contributed by atoms with Gasteiger partial charge in [-0.1, -0.05) is 0 Å². The largest absolute Gasteiger partial charge is 0.331 e. The molecule has 1 amide bonds. The lowest BCUT2D eigenvalue weighted by molar-refractivity contribution is -0.134. The highest BCUT2D eigenvalue weighted by molar-refractivity contribution is 5.76. The Morgan fingerprint density at radius 2 is 2.22 bits per heavy atom. The van der Waals surface area contributed by atoms with Crippen LogP contribution < -0.4 is 0 Å². The van der Waals surface area contributed by atoms with Crippen molar-refractivity contribution in [3.63, 3.8) is 0 Å². The summed E-state index contributed by atoms with van der Waals surface area (Å²) in [4.78, 5) is 23.0. The summed E-state index contributed by atoms with van der Waals surface area (Å²) in [5.74, 6) is 2.63. The number of rotatable bonds is 5. The number of amides is 1. The number of carbonyl (C=O) groups excluding carboxylic acids is 1. The predicted molar refractivity (Wildman–Crippen MR) is 81.4 cm³/mol. The lowest BCUT2D eigenvalue weighted by atomic mass is 10.1. The minimum atomic E-state index is 0.00243. The maximum absolute atomic E-state index is 12.5. The van der Waals surface area contributed by atoms with Crippen molar-refractivity contribution in [3.8, 4) is 0 Å². The summed E-state index contributed by atoms with van der Waals surface area (Å²) in [5, 5.41) is 8.66. The van der Waals surface area contributed by atoms with Crippen LogP contribution in [-0.2, 0) is 17.9 Å². The number of hydrogen-bond donors (Lipinski definition) is 0. The van der Waals surface area contributed by atoms with E-state index in [-0.39, 0.29) is 11.9 Å². The van der Waals surface area contributed by atoms with E-state index in [2.05, 4.69) is 20.2 Å². The summed E-state index contributed by atoms with van der Waals surface area (Å²) >= 11 is 0. The number of aryl methyl sites for hydroxylation is 1. The van der Waals surface area contributed by atoms with Crippen LogP contribution in [0, 0.1) is 0 Å². The Hall–Kier alpha value is -2.25. The zero-order valence-electron chi connectivity index (χ0n) is 13.3. The third kappa shape index (κ3) is 2.85. The van der Waals surface area contributed by atoms with Gasteiger partial charge in [0.05, 0.1) is 12.6 Å². The Kier molecular flexibility index (Phi) is 3.59. The van der Waals surface area contributed by atoms with Gasteiger partial charge < -0.3 is 4.90 Å². The highest BCUT2D eigenvalue weighted by Gasteiger charge is 2.34. The summed E-state index contributed by atoms with van der Waals surface area (Å²) in [6.45, 7) is 4.22. The molecule has 0 spiro atoms. The quantitative estimate of drug-likeness (QED) is 0.826. The van der Waals surface area contributed by atoms with E-state index in [4.69, 9.17) is 0 Å². The third-order valence-electron chi connectivity index (χ3n) is 4.62. The van der Waals surface area contributed by atoms with Crippen LogP contribution in [0.3, 0.4) is 0 Å². The first-order valence-electron chi connectivity index (χ1n) is 8.29. The maximum Gasteiger partial charge on any atom is 0.223 e. The van der Waals surface area contributed by atoms with E-state index < -0.39 is 0 Å². The van der Waals surface area contributed by atoms with Crippen LogP contribution in [0.25, 0.3) is 0 Å². The number of nitrogens with zero attached hydrogens (tertiary/aromatic N) is 7. The van der Waals surface area contributed by atoms with Crippen LogP contribution in [-0.4, -0.2) is 46.9 Å². The van der Waals surface area contributed by atoms with Gasteiger partial charge in [-0.05, 0) is 26.2 Å². The lowest BCUT2D eigenvalue weighted by Crippen LogP contribution is -2.41. The molecule has 0 radical (unpaired) electrons. The second-order valence-electron chi connectivity index (χ2n) is 6.35. The zero-order valence-corrected chi connectivity index (χ0v) is 13.3. The summed E-state index contributed by atoms with van der Waals surface area (Å²) in [7, 11) is 0. The minimum absolute atomic E-state index is 0.00243. The van der Waals surface area contributed by atoms with Crippen molar-refractivity contribution in [2.75, 3.05) is 6.54 Å². The normalized spacial score (nSPS) is 20.6. The standard InChI is InChI=1S/C15H21N7O/c1-11-15-18-14(12-4-5-12)19-22(15)8-7-21(11)13(23)3-2-6-20-10-16-9-17-20/h9-12H,2-8H2,1H3/t11-/m1/s1. The minimum Gasteiger partial charge on any atom is -0.331 e. The highest BCUT2D eigenvalue weighted by Crippen LogP contribution is 2.39. The van der Waals surface area contributed by atoms with E-state index in [0.29, 0.717) is 18.9 Å². The van der Waals surface area contributed by atoms with Crippen molar-refractivity contribution in [1.29, 1.82) is 0 Å². The second-order valence-corrected chi connectivity index (χ2v) is 6.35. The molecule has 0 N–H and O–H groups in total. The summed E-state index contributed by atoms with van der Waals surface area (Å²) in [6, 6.07) is 0.00243. The van der Waals surface area contributed by atoms with E-state index in [0.717, 1.165) is 31.2 Å². The first-order valence-corrected chi connectivity index (χ1v) is 8.29. The SMILES string of the molecule is C[C@@H]1c2nc(C3CC3)nn2CCN1C(=O)CCCn1cncn1. The Labute approximate surface area is 134 Å². The molecule has 8 nitrogen and oxygen atoms in total. The van der Waals surface area contributed by atoms with Gasteiger partial charge in [0.25, 0.3) is 0 Å². The monoisotopic (exact) mass is 315 g/mol. The smallest absolute Gasteiger partial charge is 0.223 e. The van der Waals surface area contributed by atoms with Crippen LogP contribution in [0.5, 0.6) is 0 Å². The molecule has 8 heteroatoms. The van der Waals surface area contributed by atoms with E-state index in [1.54, 1.807) is 11.0 Å². The Balaban J connectivity index is 1.37. The van der Waals surface area contributed by atoms with E-state index >= 15 is 0 Å². The fourth-order valence-electron chi connectivity index (χ4n) is 3.12. The zero-order chi connectivity index (χ0) is 15.8. The van der Waals surface area contributed by atoms with Gasteiger partial charge in [-0.2, -0.15) is 10.2 Å². The third-order valence-corrected chi connectivity index (χ3v) is 4.62. The Bertz CT molecular complexity index is 689. The molecular formula is C15H21N7O. The molecule has 3 heterocycles. The molecule has 0 aromatic carbocycles. The topological polar surface area (TPSA) is 81.7 Å². The molecule has 2 aromatic rings. The molecule has 4 rings (SSSR count).